The lowest BCUT2D eigenvalue weighted by Crippen LogP contribution is -2.39. The first-order valence-corrected chi connectivity index (χ1v) is 10.5. The van der Waals surface area contributed by atoms with Crippen molar-refractivity contribution in [3.63, 3.8) is 0 Å². The standard InChI is InChI=1S/C16H23N7O2S2/c1-10(2)8-17-14-19-20-15(27-14)26-7-5-6-23-13(24)11-12(18-9-21(11)3)22(4)16(23)25/h9-10H,5-8H2,1-4H3,(H,17,19). The van der Waals surface area contributed by atoms with Crippen molar-refractivity contribution < 1.29 is 0 Å². The lowest BCUT2D eigenvalue weighted by atomic mass is 10.2. The van der Waals surface area contributed by atoms with Crippen molar-refractivity contribution in [3.8, 4) is 0 Å². The van der Waals surface area contributed by atoms with Crippen molar-refractivity contribution in [3.05, 3.63) is 27.2 Å². The first kappa shape index (κ1) is 19.6. The molecule has 0 aliphatic heterocycles. The quantitative estimate of drug-likeness (QED) is 0.445. The molecule has 0 spiro atoms. The van der Waals surface area contributed by atoms with Crippen LogP contribution in [0, 0.1) is 5.92 Å². The van der Waals surface area contributed by atoms with E-state index in [1.54, 1.807) is 36.8 Å². The third-order valence-electron chi connectivity index (χ3n) is 4.02. The molecule has 3 aromatic rings. The van der Waals surface area contributed by atoms with Gasteiger partial charge in [-0.25, -0.2) is 9.78 Å². The number of nitrogens with one attached hydrogen (secondary N) is 1. The summed E-state index contributed by atoms with van der Waals surface area (Å²) in [6.07, 6.45) is 2.23. The molecule has 0 aromatic carbocycles. The molecule has 3 rings (SSSR count). The van der Waals surface area contributed by atoms with Crippen LogP contribution in [0.2, 0.25) is 0 Å². The van der Waals surface area contributed by atoms with Crippen LogP contribution in [0.25, 0.3) is 11.2 Å². The second kappa shape index (κ2) is 8.26. The summed E-state index contributed by atoms with van der Waals surface area (Å²) in [6, 6.07) is 0. The van der Waals surface area contributed by atoms with Crippen LogP contribution in [0.5, 0.6) is 0 Å². The number of fused-ring (bicyclic) bond motifs is 1. The summed E-state index contributed by atoms with van der Waals surface area (Å²) in [5.41, 5.74) is 0.213. The molecule has 146 valence electrons. The zero-order valence-corrected chi connectivity index (χ0v) is 17.4. The minimum Gasteiger partial charge on any atom is -0.360 e. The van der Waals surface area contributed by atoms with Crippen molar-refractivity contribution in [1.82, 2.24) is 28.9 Å². The molecule has 0 radical (unpaired) electrons. The van der Waals surface area contributed by atoms with E-state index in [4.69, 9.17) is 0 Å². The summed E-state index contributed by atoms with van der Waals surface area (Å²) < 4.78 is 5.22. The Kier molecular flexibility index (Phi) is 6.00. The minimum absolute atomic E-state index is 0.297. The number of nitrogens with zero attached hydrogens (tertiary/aromatic N) is 6. The normalized spacial score (nSPS) is 11.6. The summed E-state index contributed by atoms with van der Waals surface area (Å²) in [5.74, 6) is 1.29. The van der Waals surface area contributed by atoms with Gasteiger partial charge >= 0.3 is 5.69 Å². The maximum atomic E-state index is 12.6. The maximum Gasteiger partial charge on any atom is 0.332 e. The molecule has 3 heterocycles. The third kappa shape index (κ3) is 4.24. The second-order valence-corrected chi connectivity index (χ2v) is 9.00. The van der Waals surface area contributed by atoms with Crippen molar-refractivity contribution >= 4 is 39.4 Å². The van der Waals surface area contributed by atoms with Crippen LogP contribution in [-0.4, -0.2) is 41.2 Å². The average Bonchev–Trinajstić information content (AvgIpc) is 3.24. The Morgan fingerprint density at radius 2 is 2.04 bits per heavy atom. The van der Waals surface area contributed by atoms with E-state index in [0.29, 0.717) is 30.0 Å². The Morgan fingerprint density at radius 1 is 1.26 bits per heavy atom. The van der Waals surface area contributed by atoms with Gasteiger partial charge in [-0.2, -0.15) is 0 Å². The first-order valence-electron chi connectivity index (χ1n) is 8.69. The average molecular weight is 410 g/mol. The topological polar surface area (TPSA) is 99.6 Å². The molecule has 0 atom stereocenters. The van der Waals surface area contributed by atoms with E-state index >= 15 is 0 Å². The molecule has 3 aromatic heterocycles. The van der Waals surface area contributed by atoms with Gasteiger partial charge in [0.25, 0.3) is 5.56 Å². The zero-order valence-electron chi connectivity index (χ0n) is 15.8. The van der Waals surface area contributed by atoms with Crippen LogP contribution in [0.1, 0.15) is 20.3 Å². The Bertz CT molecular complexity index is 1050. The number of thioether (sulfide) groups is 1. The van der Waals surface area contributed by atoms with Crippen LogP contribution in [-0.2, 0) is 20.6 Å². The number of anilines is 1. The van der Waals surface area contributed by atoms with E-state index in [1.165, 1.54) is 20.5 Å². The van der Waals surface area contributed by atoms with E-state index in [-0.39, 0.29) is 11.2 Å². The highest BCUT2D eigenvalue weighted by molar-refractivity contribution is 8.01. The third-order valence-corrected chi connectivity index (χ3v) is 6.12. The molecule has 1 N–H and O–H groups in total. The molecular weight excluding hydrogens is 386 g/mol. The van der Waals surface area contributed by atoms with E-state index in [9.17, 15) is 9.59 Å². The van der Waals surface area contributed by atoms with Crippen molar-refractivity contribution in [2.45, 2.75) is 31.2 Å². The summed E-state index contributed by atoms with van der Waals surface area (Å²) >= 11 is 3.10. The van der Waals surface area contributed by atoms with E-state index in [0.717, 1.165) is 21.8 Å². The predicted molar refractivity (Wildman–Crippen MR) is 109 cm³/mol. The number of imidazole rings is 1. The number of rotatable bonds is 8. The lowest BCUT2D eigenvalue weighted by Gasteiger charge is -2.08. The Labute approximate surface area is 164 Å². The highest BCUT2D eigenvalue weighted by Crippen LogP contribution is 2.26. The minimum atomic E-state index is -0.340. The Hall–Kier alpha value is -2.14. The van der Waals surface area contributed by atoms with Gasteiger partial charge in [0, 0.05) is 32.9 Å². The zero-order chi connectivity index (χ0) is 19.6. The Balaban J connectivity index is 1.62. The van der Waals surface area contributed by atoms with Gasteiger partial charge in [-0.05, 0) is 12.3 Å². The van der Waals surface area contributed by atoms with Gasteiger partial charge in [0.05, 0.1) is 6.33 Å². The molecule has 0 aliphatic carbocycles. The Morgan fingerprint density at radius 3 is 2.78 bits per heavy atom. The molecule has 0 bridgehead atoms. The molecule has 0 aliphatic rings. The maximum absolute atomic E-state index is 12.6. The van der Waals surface area contributed by atoms with Gasteiger partial charge in [-0.3, -0.25) is 13.9 Å². The molecule has 11 heteroatoms. The fourth-order valence-corrected chi connectivity index (χ4v) is 4.36. The van der Waals surface area contributed by atoms with Gasteiger partial charge in [0.1, 0.15) is 0 Å². The van der Waals surface area contributed by atoms with Crippen molar-refractivity contribution in [2.75, 3.05) is 17.6 Å². The summed E-state index contributed by atoms with van der Waals surface area (Å²) in [7, 11) is 3.39. The molecule has 0 saturated carbocycles. The highest BCUT2D eigenvalue weighted by Gasteiger charge is 2.14. The largest absolute Gasteiger partial charge is 0.360 e. The van der Waals surface area contributed by atoms with Gasteiger partial charge in [0.2, 0.25) is 5.13 Å². The van der Waals surface area contributed by atoms with Crippen LogP contribution in [0.4, 0.5) is 5.13 Å². The molecule has 0 saturated heterocycles. The van der Waals surface area contributed by atoms with Gasteiger partial charge in [-0.1, -0.05) is 36.9 Å². The smallest absolute Gasteiger partial charge is 0.332 e. The van der Waals surface area contributed by atoms with Crippen molar-refractivity contribution in [1.29, 1.82) is 0 Å². The first-order chi connectivity index (χ1) is 12.9. The molecule has 0 fully saturated rings. The molecule has 27 heavy (non-hydrogen) atoms. The molecule has 0 unspecified atom stereocenters. The number of aromatic nitrogens is 6. The summed E-state index contributed by atoms with van der Waals surface area (Å²) in [6.45, 7) is 5.50. The van der Waals surface area contributed by atoms with Crippen LogP contribution in [0.3, 0.4) is 0 Å². The van der Waals surface area contributed by atoms with E-state index in [1.807, 2.05) is 0 Å². The van der Waals surface area contributed by atoms with E-state index in [2.05, 4.69) is 34.3 Å². The predicted octanol–water partition coefficient (Wildman–Crippen LogP) is 1.54. The monoisotopic (exact) mass is 409 g/mol. The molecule has 9 nitrogen and oxygen atoms in total. The van der Waals surface area contributed by atoms with Gasteiger partial charge < -0.3 is 9.88 Å². The van der Waals surface area contributed by atoms with Crippen LogP contribution < -0.4 is 16.6 Å². The second-order valence-electron chi connectivity index (χ2n) is 6.68. The van der Waals surface area contributed by atoms with E-state index < -0.39 is 0 Å². The number of aryl methyl sites for hydroxylation is 2. The SMILES string of the molecule is CC(C)CNc1nnc(SCCCn2c(=O)c3c(ncn3C)n(C)c2=O)s1. The fraction of sp³-hybridized carbons (Fsp3) is 0.562. The fourth-order valence-electron chi connectivity index (χ4n) is 2.61. The number of hydrogen-bond donors (Lipinski definition) is 1. The summed E-state index contributed by atoms with van der Waals surface area (Å²) in [4.78, 5) is 29.2. The van der Waals surface area contributed by atoms with Crippen molar-refractivity contribution in [2.24, 2.45) is 20.0 Å². The molecule has 0 amide bonds. The highest BCUT2D eigenvalue weighted by atomic mass is 32.2. The lowest BCUT2D eigenvalue weighted by molar-refractivity contribution is 0.594. The van der Waals surface area contributed by atoms with Gasteiger partial charge in [-0.15, -0.1) is 10.2 Å². The van der Waals surface area contributed by atoms with Crippen LogP contribution >= 0.6 is 23.1 Å². The number of hydrogen-bond acceptors (Lipinski definition) is 8. The van der Waals surface area contributed by atoms with Gasteiger partial charge in [0.15, 0.2) is 15.5 Å². The van der Waals surface area contributed by atoms with Crippen LogP contribution in [0.15, 0.2) is 20.3 Å². The summed E-state index contributed by atoms with van der Waals surface area (Å²) in [5, 5.41) is 12.4. The molecular formula is C16H23N7O2S2.